The lowest BCUT2D eigenvalue weighted by atomic mass is 9.72. The van der Waals surface area contributed by atoms with Gasteiger partial charge in [-0.1, -0.05) is 0 Å². The zero-order chi connectivity index (χ0) is 31.1. The molecule has 0 fully saturated rings. The maximum absolute atomic E-state index is 14.3. The first kappa shape index (κ1) is 28.0. The van der Waals surface area contributed by atoms with Gasteiger partial charge < -0.3 is 34.6 Å². The van der Waals surface area contributed by atoms with Gasteiger partial charge in [-0.3, -0.25) is 14.4 Å². The molecule has 4 aromatic rings. The van der Waals surface area contributed by atoms with E-state index in [2.05, 4.69) is 0 Å². The number of Topliss-reactive ketones (excluding diaryl/α,β-unsaturated/α-hetero) is 1. The lowest BCUT2D eigenvalue weighted by molar-refractivity contribution is 0.0410. The molecule has 0 saturated heterocycles. The molecule has 6 rings (SSSR count). The summed E-state index contributed by atoms with van der Waals surface area (Å²) in [6.07, 6.45) is -0.380. The fourth-order valence-corrected chi connectivity index (χ4v) is 6.46. The van der Waals surface area contributed by atoms with E-state index in [-0.39, 0.29) is 85.4 Å². The first-order valence-corrected chi connectivity index (χ1v) is 13.4. The third-order valence-corrected chi connectivity index (χ3v) is 8.18. The van der Waals surface area contributed by atoms with Crippen LogP contribution in [0, 0.1) is 6.92 Å². The van der Waals surface area contributed by atoms with Gasteiger partial charge in [0.2, 0.25) is 5.78 Å². The Morgan fingerprint density at radius 3 is 2.02 bits per heavy atom. The number of ether oxygens (including phenoxy) is 3. The van der Waals surface area contributed by atoms with Crippen molar-refractivity contribution in [1.82, 2.24) is 0 Å². The van der Waals surface area contributed by atoms with E-state index in [0.717, 1.165) is 0 Å². The standard InChI is InChI=1S/C33H28O10/c1-13-6-16-24(18(34)7-13)32(39)27-19(35)10-22(43-5)28(29(27)30(16)37)23-15-8-14(41-3)9-21(42-4)26(15)31(38)25-17(23)11-33(2,40)12-20(25)36/h6-10,34-35,38,40H,11-12H2,1-5H3/t33-/m1/s1. The molecule has 4 aromatic carbocycles. The van der Waals surface area contributed by atoms with E-state index in [0.29, 0.717) is 11.3 Å². The zero-order valence-electron chi connectivity index (χ0n) is 24.0. The van der Waals surface area contributed by atoms with E-state index in [1.807, 2.05) is 0 Å². The number of carbonyl (C=O) groups is 3. The average Bonchev–Trinajstić information content (AvgIpc) is 2.94. The van der Waals surface area contributed by atoms with Crippen LogP contribution in [0.4, 0.5) is 0 Å². The van der Waals surface area contributed by atoms with Crippen LogP contribution < -0.4 is 14.2 Å². The summed E-state index contributed by atoms with van der Waals surface area (Å²) in [5.41, 5.74) is -1.45. The SMILES string of the molecule is COc1cc(OC)c2c(O)c3c(c(-c4c(OC)cc(O)c5c4C(=O)c4cc(C)cc(O)c4C5=O)c2c1)C[C@@](C)(O)CC3=O. The number of rotatable bonds is 4. The fraction of sp³-hybridized carbons (Fsp3) is 0.242. The van der Waals surface area contributed by atoms with Crippen molar-refractivity contribution in [3.05, 3.63) is 69.3 Å². The van der Waals surface area contributed by atoms with Crippen LogP contribution in [0.1, 0.15) is 66.7 Å². The minimum absolute atomic E-state index is 0.00799. The maximum Gasteiger partial charge on any atom is 0.201 e. The van der Waals surface area contributed by atoms with Crippen molar-refractivity contribution in [3.63, 3.8) is 0 Å². The Hall–Kier alpha value is -5.09. The highest BCUT2D eigenvalue weighted by Crippen LogP contribution is 2.54. The number of carbonyl (C=O) groups excluding carboxylic acids is 3. The monoisotopic (exact) mass is 584 g/mol. The third-order valence-electron chi connectivity index (χ3n) is 8.18. The number of aryl methyl sites for hydroxylation is 1. The molecule has 0 amide bonds. The van der Waals surface area contributed by atoms with Crippen molar-refractivity contribution in [3.8, 4) is 45.6 Å². The molecule has 220 valence electrons. The highest BCUT2D eigenvalue weighted by molar-refractivity contribution is 6.33. The van der Waals surface area contributed by atoms with Gasteiger partial charge in [0.25, 0.3) is 0 Å². The van der Waals surface area contributed by atoms with Crippen molar-refractivity contribution in [2.24, 2.45) is 0 Å². The lowest BCUT2D eigenvalue weighted by Gasteiger charge is -2.33. The smallest absolute Gasteiger partial charge is 0.201 e. The highest BCUT2D eigenvalue weighted by atomic mass is 16.5. The van der Waals surface area contributed by atoms with Crippen LogP contribution in [0.15, 0.2) is 30.3 Å². The summed E-state index contributed by atoms with van der Waals surface area (Å²) in [5, 5.41) is 44.8. The second kappa shape index (κ2) is 9.47. The number of benzene rings is 4. The van der Waals surface area contributed by atoms with Crippen molar-refractivity contribution < 1.29 is 49.0 Å². The summed E-state index contributed by atoms with van der Waals surface area (Å²) in [5.74, 6) is -2.83. The molecular formula is C33H28O10. The fourth-order valence-electron chi connectivity index (χ4n) is 6.46. The highest BCUT2D eigenvalue weighted by Gasteiger charge is 2.43. The van der Waals surface area contributed by atoms with Crippen LogP contribution in [-0.4, -0.2) is 64.7 Å². The predicted molar refractivity (Wildman–Crippen MR) is 155 cm³/mol. The third kappa shape index (κ3) is 3.94. The molecule has 0 spiro atoms. The second-order valence-corrected chi connectivity index (χ2v) is 11.2. The van der Waals surface area contributed by atoms with E-state index < -0.39 is 34.4 Å². The molecule has 0 bridgehead atoms. The number of aliphatic hydroxyl groups is 1. The number of ketones is 3. The molecule has 1 atom stereocenters. The lowest BCUT2D eigenvalue weighted by Crippen LogP contribution is -2.36. The Bertz CT molecular complexity index is 1950. The molecule has 2 aliphatic rings. The van der Waals surface area contributed by atoms with Gasteiger partial charge in [-0.25, -0.2) is 0 Å². The van der Waals surface area contributed by atoms with Crippen molar-refractivity contribution >= 4 is 28.1 Å². The maximum atomic E-state index is 14.3. The molecule has 10 heteroatoms. The van der Waals surface area contributed by atoms with E-state index in [4.69, 9.17) is 14.2 Å². The molecule has 4 N–H and O–H groups in total. The summed E-state index contributed by atoms with van der Waals surface area (Å²) in [7, 11) is 4.14. The van der Waals surface area contributed by atoms with E-state index in [1.54, 1.807) is 13.0 Å². The number of methoxy groups -OCH3 is 3. The Morgan fingerprint density at radius 1 is 0.698 bits per heavy atom. The minimum atomic E-state index is -1.51. The van der Waals surface area contributed by atoms with E-state index >= 15 is 0 Å². The zero-order valence-corrected chi connectivity index (χ0v) is 24.0. The van der Waals surface area contributed by atoms with Gasteiger partial charge >= 0.3 is 0 Å². The Balaban J connectivity index is 1.87. The first-order chi connectivity index (χ1) is 20.3. The van der Waals surface area contributed by atoms with Crippen LogP contribution in [0.5, 0.6) is 34.5 Å². The van der Waals surface area contributed by atoms with E-state index in [9.17, 15) is 34.8 Å². The van der Waals surface area contributed by atoms with Crippen LogP contribution in [0.3, 0.4) is 0 Å². The molecule has 0 aliphatic heterocycles. The van der Waals surface area contributed by atoms with Crippen LogP contribution in [-0.2, 0) is 6.42 Å². The summed E-state index contributed by atoms with van der Waals surface area (Å²) >= 11 is 0. The Kier molecular flexibility index (Phi) is 6.17. The molecule has 0 heterocycles. The van der Waals surface area contributed by atoms with E-state index in [1.165, 1.54) is 52.5 Å². The molecule has 0 saturated carbocycles. The first-order valence-electron chi connectivity index (χ1n) is 13.4. The largest absolute Gasteiger partial charge is 0.507 e. The van der Waals surface area contributed by atoms with Crippen LogP contribution in [0.2, 0.25) is 0 Å². The number of hydrogen-bond acceptors (Lipinski definition) is 10. The van der Waals surface area contributed by atoms with Gasteiger partial charge in [0.15, 0.2) is 11.6 Å². The van der Waals surface area contributed by atoms with Gasteiger partial charge in [-0.05, 0) is 48.7 Å². The number of phenols is 3. The Labute approximate surface area is 245 Å². The summed E-state index contributed by atoms with van der Waals surface area (Å²) < 4.78 is 16.8. The number of hydrogen-bond donors (Lipinski definition) is 4. The molecule has 0 unspecified atom stereocenters. The van der Waals surface area contributed by atoms with Gasteiger partial charge in [0, 0.05) is 47.1 Å². The van der Waals surface area contributed by atoms with Gasteiger partial charge in [-0.2, -0.15) is 0 Å². The Morgan fingerprint density at radius 2 is 1.37 bits per heavy atom. The van der Waals surface area contributed by atoms with Gasteiger partial charge in [0.05, 0.1) is 49.0 Å². The second-order valence-electron chi connectivity index (χ2n) is 11.2. The quantitative estimate of drug-likeness (QED) is 0.235. The number of phenolic OH excluding ortho intramolecular Hbond substituents is 3. The molecule has 0 aromatic heterocycles. The molecule has 2 aliphatic carbocycles. The molecule has 0 radical (unpaired) electrons. The van der Waals surface area contributed by atoms with Crippen LogP contribution in [0.25, 0.3) is 21.9 Å². The van der Waals surface area contributed by atoms with Crippen molar-refractivity contribution in [2.75, 3.05) is 21.3 Å². The number of aromatic hydroxyl groups is 3. The molecule has 10 nitrogen and oxygen atoms in total. The normalized spacial score (nSPS) is 17.4. The summed E-state index contributed by atoms with van der Waals surface area (Å²) in [6.45, 7) is 3.15. The average molecular weight is 585 g/mol. The minimum Gasteiger partial charge on any atom is -0.507 e. The van der Waals surface area contributed by atoms with Crippen LogP contribution >= 0.6 is 0 Å². The molecule has 43 heavy (non-hydrogen) atoms. The molecular weight excluding hydrogens is 556 g/mol. The van der Waals surface area contributed by atoms with Crippen molar-refractivity contribution in [1.29, 1.82) is 0 Å². The van der Waals surface area contributed by atoms with Gasteiger partial charge in [0.1, 0.15) is 34.5 Å². The number of fused-ring (bicyclic) bond motifs is 4. The summed E-state index contributed by atoms with van der Waals surface area (Å²) in [4.78, 5) is 41.7. The topological polar surface area (TPSA) is 160 Å². The van der Waals surface area contributed by atoms with Gasteiger partial charge in [-0.15, -0.1) is 0 Å². The van der Waals surface area contributed by atoms with Crippen molar-refractivity contribution in [2.45, 2.75) is 32.3 Å². The predicted octanol–water partition coefficient (Wildman–Crippen LogP) is 4.61. The summed E-state index contributed by atoms with van der Waals surface area (Å²) in [6, 6.07) is 7.12.